The molecular formula is C17H20F2N2O2S. The Kier molecular flexibility index (Phi) is 6.85. The average Bonchev–Trinajstić information content (AvgIpc) is 3.00. The third-order valence-electron chi connectivity index (χ3n) is 4.11. The van der Waals surface area contributed by atoms with Crippen LogP contribution in [0.25, 0.3) is 6.08 Å². The Labute approximate surface area is 144 Å². The summed E-state index contributed by atoms with van der Waals surface area (Å²) >= 11 is 0.460. The summed E-state index contributed by atoms with van der Waals surface area (Å²) in [4.78, 5) is 12.3. The van der Waals surface area contributed by atoms with Gasteiger partial charge in [0, 0.05) is 12.1 Å². The predicted molar refractivity (Wildman–Crippen MR) is 89.2 cm³/mol. The second-order valence-electron chi connectivity index (χ2n) is 5.89. The van der Waals surface area contributed by atoms with Gasteiger partial charge in [-0.3, -0.25) is 4.79 Å². The molecular weight excluding hydrogens is 334 g/mol. The molecule has 0 bridgehead atoms. The van der Waals surface area contributed by atoms with Gasteiger partial charge in [0.1, 0.15) is 23.2 Å². The molecule has 130 valence electrons. The van der Waals surface area contributed by atoms with E-state index in [4.69, 9.17) is 4.42 Å². The van der Waals surface area contributed by atoms with Crippen LogP contribution in [0.4, 0.5) is 8.78 Å². The third-order valence-corrected chi connectivity index (χ3v) is 4.82. The zero-order valence-corrected chi connectivity index (χ0v) is 14.2. The highest BCUT2D eigenvalue weighted by Gasteiger charge is 2.24. The van der Waals surface area contributed by atoms with Crippen LogP contribution in [0.15, 0.2) is 22.1 Å². The van der Waals surface area contributed by atoms with Gasteiger partial charge in [-0.15, -0.1) is 0 Å². The zero-order valence-electron chi connectivity index (χ0n) is 13.4. The van der Waals surface area contributed by atoms with Crippen molar-refractivity contribution in [3.05, 3.63) is 29.2 Å². The Balaban J connectivity index is 2.00. The summed E-state index contributed by atoms with van der Waals surface area (Å²) in [5.74, 6) is -1.76. The number of halogens is 2. The van der Waals surface area contributed by atoms with Gasteiger partial charge in [-0.1, -0.05) is 31.5 Å². The highest BCUT2D eigenvalue weighted by molar-refractivity contribution is 7.98. The van der Waals surface area contributed by atoms with Crippen LogP contribution in [-0.4, -0.2) is 17.7 Å². The molecule has 1 amide bonds. The number of carbonyl (C=O) groups excluding carboxylic acids is 1. The Morgan fingerprint density at radius 2 is 2.25 bits per heavy atom. The molecule has 0 saturated heterocycles. The van der Waals surface area contributed by atoms with Crippen molar-refractivity contribution >= 4 is 23.7 Å². The number of thioether (sulfide) groups is 1. The molecule has 2 rings (SSSR count). The van der Waals surface area contributed by atoms with Crippen LogP contribution in [0.1, 0.15) is 44.1 Å². The topological polar surface area (TPSA) is 66.0 Å². The monoisotopic (exact) mass is 354 g/mol. The molecule has 1 fully saturated rings. The smallest absolute Gasteiger partial charge is 0.284 e. The molecule has 7 heteroatoms. The Morgan fingerprint density at radius 3 is 2.92 bits per heavy atom. The van der Waals surface area contributed by atoms with Crippen LogP contribution in [0.2, 0.25) is 0 Å². The number of hydrogen-bond acceptors (Lipinski definition) is 4. The molecule has 1 heterocycles. The lowest BCUT2D eigenvalue weighted by molar-refractivity contribution is -0.118. The van der Waals surface area contributed by atoms with Gasteiger partial charge >= 0.3 is 0 Å². The molecule has 0 radical (unpaired) electrons. The van der Waals surface area contributed by atoms with Crippen molar-refractivity contribution in [1.82, 2.24) is 5.32 Å². The first-order valence-electron chi connectivity index (χ1n) is 7.90. The van der Waals surface area contributed by atoms with Crippen LogP contribution >= 0.6 is 11.8 Å². The molecule has 0 aromatic carbocycles. The minimum atomic E-state index is -2.47. The quantitative estimate of drug-likeness (QED) is 0.610. The summed E-state index contributed by atoms with van der Waals surface area (Å²) < 4.78 is 29.7. The van der Waals surface area contributed by atoms with E-state index in [0.717, 1.165) is 19.3 Å². The Morgan fingerprint density at radius 1 is 1.50 bits per heavy atom. The molecule has 1 aliphatic carbocycles. The molecule has 0 aliphatic heterocycles. The molecule has 2 atom stereocenters. The van der Waals surface area contributed by atoms with Crippen molar-refractivity contribution in [2.24, 2.45) is 5.92 Å². The van der Waals surface area contributed by atoms with Crippen molar-refractivity contribution in [3.63, 3.8) is 0 Å². The molecule has 1 aromatic heterocycles. The molecule has 1 N–H and O–H groups in total. The van der Waals surface area contributed by atoms with Crippen molar-refractivity contribution < 1.29 is 18.0 Å². The van der Waals surface area contributed by atoms with Crippen molar-refractivity contribution in [2.45, 2.75) is 50.2 Å². The minimum Gasteiger partial charge on any atom is -0.461 e. The van der Waals surface area contributed by atoms with Crippen molar-refractivity contribution in [3.8, 4) is 6.07 Å². The van der Waals surface area contributed by atoms with Gasteiger partial charge in [0.2, 0.25) is 0 Å². The van der Waals surface area contributed by atoms with Crippen LogP contribution in [-0.2, 0) is 10.5 Å². The summed E-state index contributed by atoms with van der Waals surface area (Å²) in [6, 6.07) is 5.09. The highest BCUT2D eigenvalue weighted by Crippen LogP contribution is 2.24. The summed E-state index contributed by atoms with van der Waals surface area (Å²) in [7, 11) is 0. The lowest BCUT2D eigenvalue weighted by Gasteiger charge is -2.29. The molecule has 4 nitrogen and oxygen atoms in total. The lowest BCUT2D eigenvalue weighted by Crippen LogP contribution is -2.41. The largest absolute Gasteiger partial charge is 0.461 e. The summed E-state index contributed by atoms with van der Waals surface area (Å²) in [5, 5.41) is 12.1. The van der Waals surface area contributed by atoms with Gasteiger partial charge in [0.05, 0.1) is 5.75 Å². The standard InChI is InChI=1S/C17H20F2N2O2S/c1-11-4-2-3-5-15(11)21-16(22)12(9-20)8-13-6-7-14(23-13)10-24-17(18)19/h6-8,11,15,17H,2-5,10H2,1H3,(H,21,22)/b12-8+/t11-,15-/m1/s1. The normalized spacial score (nSPS) is 21.5. The van der Waals surface area contributed by atoms with E-state index in [1.165, 1.54) is 12.5 Å². The van der Waals surface area contributed by atoms with Crippen LogP contribution in [0.3, 0.4) is 0 Å². The Hall–Kier alpha value is -1.81. The van der Waals surface area contributed by atoms with Gasteiger partial charge in [-0.2, -0.15) is 14.0 Å². The van der Waals surface area contributed by atoms with Crippen molar-refractivity contribution in [2.75, 3.05) is 0 Å². The maximum atomic E-state index is 12.3. The van der Waals surface area contributed by atoms with Crippen molar-refractivity contribution in [1.29, 1.82) is 5.26 Å². The number of hydrogen-bond donors (Lipinski definition) is 1. The third kappa shape index (κ3) is 5.38. The van der Waals surface area contributed by atoms with E-state index in [0.29, 0.717) is 29.2 Å². The molecule has 0 spiro atoms. The predicted octanol–water partition coefficient (Wildman–Crippen LogP) is 4.34. The fraction of sp³-hybridized carbons (Fsp3) is 0.529. The second kappa shape index (κ2) is 8.88. The number of alkyl halides is 2. The fourth-order valence-electron chi connectivity index (χ4n) is 2.76. The second-order valence-corrected chi connectivity index (χ2v) is 6.87. The lowest BCUT2D eigenvalue weighted by atomic mass is 9.86. The molecule has 24 heavy (non-hydrogen) atoms. The minimum absolute atomic E-state index is 0.0409. The van der Waals surface area contributed by atoms with Crippen LogP contribution in [0, 0.1) is 17.2 Å². The van der Waals surface area contributed by atoms with E-state index in [1.54, 1.807) is 12.1 Å². The first-order chi connectivity index (χ1) is 11.5. The first kappa shape index (κ1) is 18.5. The summed E-state index contributed by atoms with van der Waals surface area (Å²) in [6.07, 6.45) is 5.57. The molecule has 1 aromatic rings. The van der Waals surface area contributed by atoms with Gasteiger partial charge in [0.15, 0.2) is 0 Å². The number of rotatable bonds is 6. The number of nitriles is 1. The molecule has 1 saturated carbocycles. The SMILES string of the molecule is C[C@@H]1CCCC[C@H]1NC(=O)/C(C#N)=C/c1ccc(CSC(F)F)o1. The van der Waals surface area contributed by atoms with Gasteiger partial charge < -0.3 is 9.73 Å². The molecule has 1 aliphatic rings. The number of furan rings is 1. The van der Waals surface area contributed by atoms with Gasteiger partial charge in [-0.05, 0) is 30.9 Å². The average molecular weight is 354 g/mol. The maximum absolute atomic E-state index is 12.3. The molecule has 0 unspecified atom stereocenters. The summed E-state index contributed by atoms with van der Waals surface area (Å²) in [6.45, 7) is 2.10. The highest BCUT2D eigenvalue weighted by atomic mass is 32.2. The van der Waals surface area contributed by atoms with E-state index in [2.05, 4.69) is 12.2 Å². The van der Waals surface area contributed by atoms with E-state index >= 15 is 0 Å². The van der Waals surface area contributed by atoms with E-state index < -0.39 is 11.7 Å². The fourth-order valence-corrected chi connectivity index (χ4v) is 3.21. The van der Waals surface area contributed by atoms with Gasteiger partial charge in [0.25, 0.3) is 11.7 Å². The van der Waals surface area contributed by atoms with Crippen LogP contribution in [0.5, 0.6) is 0 Å². The number of amides is 1. The zero-order chi connectivity index (χ0) is 17.5. The van der Waals surface area contributed by atoms with E-state index in [9.17, 15) is 18.8 Å². The Bertz CT molecular complexity index is 637. The number of nitrogens with zero attached hydrogens (tertiary/aromatic N) is 1. The van der Waals surface area contributed by atoms with Gasteiger partial charge in [-0.25, -0.2) is 0 Å². The summed E-state index contributed by atoms with van der Waals surface area (Å²) in [5.41, 5.74) is -0.0461. The maximum Gasteiger partial charge on any atom is 0.284 e. The number of nitrogens with one attached hydrogen (secondary N) is 1. The first-order valence-corrected chi connectivity index (χ1v) is 8.95. The van der Waals surface area contributed by atoms with E-state index in [-0.39, 0.29) is 17.4 Å². The number of carbonyl (C=O) groups is 1. The van der Waals surface area contributed by atoms with E-state index in [1.807, 2.05) is 6.07 Å². The van der Waals surface area contributed by atoms with Crippen LogP contribution < -0.4 is 5.32 Å².